The predicted molar refractivity (Wildman–Crippen MR) is 67.1 cm³/mol. The summed E-state index contributed by atoms with van der Waals surface area (Å²) in [6.07, 6.45) is 3.50. The van der Waals surface area contributed by atoms with E-state index in [2.05, 4.69) is 10.3 Å². The van der Waals surface area contributed by atoms with Crippen molar-refractivity contribution < 1.29 is 18.9 Å². The second-order valence-corrected chi connectivity index (χ2v) is 5.18. The van der Waals surface area contributed by atoms with Gasteiger partial charge in [0.25, 0.3) is 5.91 Å². The van der Waals surface area contributed by atoms with E-state index in [0.717, 1.165) is 0 Å². The number of carbonyl (C=O) groups is 2. The van der Waals surface area contributed by atoms with Gasteiger partial charge in [-0.15, -0.1) is 0 Å². The van der Waals surface area contributed by atoms with E-state index in [1.807, 2.05) is 0 Å². The van der Waals surface area contributed by atoms with Crippen LogP contribution >= 0.6 is 0 Å². The van der Waals surface area contributed by atoms with Gasteiger partial charge in [0.15, 0.2) is 0 Å². The molecule has 6 nitrogen and oxygen atoms in total. The molecule has 0 aliphatic carbocycles. The van der Waals surface area contributed by atoms with Crippen LogP contribution in [-0.4, -0.2) is 44.7 Å². The summed E-state index contributed by atoms with van der Waals surface area (Å²) < 4.78 is 10.8. The molecule has 1 heterocycles. The SMILES string of the molecule is CS(=O)CCCNC(=O)c1ccnc(C(=O)O)c1. The summed E-state index contributed by atoms with van der Waals surface area (Å²) in [5.41, 5.74) is 0.0809. The van der Waals surface area contributed by atoms with Crippen LogP contribution in [0.15, 0.2) is 18.3 Å². The van der Waals surface area contributed by atoms with E-state index in [1.54, 1.807) is 6.26 Å². The zero-order chi connectivity index (χ0) is 13.5. The van der Waals surface area contributed by atoms with Crippen molar-refractivity contribution in [1.29, 1.82) is 0 Å². The number of hydrogen-bond acceptors (Lipinski definition) is 4. The fourth-order valence-corrected chi connectivity index (χ4v) is 1.82. The van der Waals surface area contributed by atoms with Crippen molar-refractivity contribution in [1.82, 2.24) is 10.3 Å². The molecule has 2 N–H and O–H groups in total. The zero-order valence-electron chi connectivity index (χ0n) is 9.88. The highest BCUT2D eigenvalue weighted by atomic mass is 32.2. The number of aromatic nitrogens is 1. The Labute approximate surface area is 107 Å². The Hall–Kier alpha value is -1.76. The van der Waals surface area contributed by atoms with Crippen molar-refractivity contribution in [3.05, 3.63) is 29.6 Å². The number of carboxylic acids is 1. The maximum Gasteiger partial charge on any atom is 0.354 e. The molecule has 0 saturated carbocycles. The second kappa shape index (κ2) is 6.85. The lowest BCUT2D eigenvalue weighted by Crippen LogP contribution is -2.25. The number of nitrogens with one attached hydrogen (secondary N) is 1. The van der Waals surface area contributed by atoms with Crippen molar-refractivity contribution in [3.63, 3.8) is 0 Å². The number of carbonyl (C=O) groups excluding carboxylic acids is 1. The van der Waals surface area contributed by atoms with Crippen LogP contribution < -0.4 is 5.32 Å². The molecule has 98 valence electrons. The first-order chi connectivity index (χ1) is 8.50. The summed E-state index contributed by atoms with van der Waals surface area (Å²) in [7, 11) is -0.874. The Kier molecular flexibility index (Phi) is 5.44. The van der Waals surface area contributed by atoms with Gasteiger partial charge in [-0.25, -0.2) is 9.78 Å². The Morgan fingerprint density at radius 3 is 2.83 bits per heavy atom. The van der Waals surface area contributed by atoms with Crippen molar-refractivity contribution >= 4 is 22.7 Å². The maximum atomic E-state index is 11.7. The molecule has 7 heteroatoms. The van der Waals surface area contributed by atoms with Gasteiger partial charge in [-0.05, 0) is 18.6 Å². The highest BCUT2D eigenvalue weighted by Gasteiger charge is 2.09. The lowest BCUT2D eigenvalue weighted by molar-refractivity contribution is 0.0690. The van der Waals surface area contributed by atoms with Gasteiger partial charge in [0.2, 0.25) is 0 Å². The van der Waals surface area contributed by atoms with Gasteiger partial charge in [0.05, 0.1) is 0 Å². The Bertz CT molecular complexity index is 476. The fraction of sp³-hybridized carbons (Fsp3) is 0.364. The third-order valence-electron chi connectivity index (χ3n) is 2.14. The van der Waals surface area contributed by atoms with Gasteiger partial charge < -0.3 is 10.4 Å². The number of nitrogens with zero attached hydrogens (tertiary/aromatic N) is 1. The van der Waals surface area contributed by atoms with Crippen LogP contribution in [0.5, 0.6) is 0 Å². The Balaban J connectivity index is 2.53. The second-order valence-electron chi connectivity index (χ2n) is 3.62. The highest BCUT2D eigenvalue weighted by Crippen LogP contribution is 2.02. The molecule has 0 fully saturated rings. The van der Waals surface area contributed by atoms with E-state index in [-0.39, 0.29) is 17.2 Å². The van der Waals surface area contributed by atoms with Crippen molar-refractivity contribution in [2.45, 2.75) is 6.42 Å². The lowest BCUT2D eigenvalue weighted by atomic mass is 10.2. The zero-order valence-corrected chi connectivity index (χ0v) is 10.7. The molecule has 0 saturated heterocycles. The number of aromatic carboxylic acids is 1. The minimum atomic E-state index is -1.17. The van der Waals surface area contributed by atoms with E-state index in [9.17, 15) is 13.8 Å². The van der Waals surface area contributed by atoms with Crippen molar-refractivity contribution in [2.75, 3.05) is 18.6 Å². The molecule has 0 radical (unpaired) electrons. The van der Waals surface area contributed by atoms with E-state index in [1.165, 1.54) is 18.3 Å². The first-order valence-electron chi connectivity index (χ1n) is 5.28. The van der Waals surface area contributed by atoms with E-state index in [4.69, 9.17) is 5.11 Å². The average molecular weight is 270 g/mol. The minimum absolute atomic E-state index is 0.169. The molecule has 1 atom stereocenters. The third-order valence-corrected chi connectivity index (χ3v) is 3.00. The van der Waals surface area contributed by atoms with Crippen LogP contribution in [0, 0.1) is 0 Å². The van der Waals surface area contributed by atoms with E-state index in [0.29, 0.717) is 18.7 Å². The lowest BCUT2D eigenvalue weighted by Gasteiger charge is -2.04. The monoisotopic (exact) mass is 270 g/mol. The van der Waals surface area contributed by atoms with Gasteiger partial charge >= 0.3 is 5.97 Å². The molecule has 0 bridgehead atoms. The van der Waals surface area contributed by atoms with E-state index < -0.39 is 16.8 Å². The number of pyridine rings is 1. The number of hydrogen-bond donors (Lipinski definition) is 2. The van der Waals surface area contributed by atoms with Crippen molar-refractivity contribution in [2.24, 2.45) is 0 Å². The topological polar surface area (TPSA) is 96.4 Å². The van der Waals surface area contributed by atoms with Crippen molar-refractivity contribution in [3.8, 4) is 0 Å². The van der Waals surface area contributed by atoms with Crippen LogP contribution in [0.1, 0.15) is 27.3 Å². The molecule has 0 aromatic carbocycles. The number of carboxylic acid groups (broad SMARTS) is 1. The third kappa shape index (κ3) is 4.62. The normalized spacial score (nSPS) is 11.8. The summed E-state index contributed by atoms with van der Waals surface area (Å²) in [6, 6.07) is 2.66. The van der Waals surface area contributed by atoms with E-state index >= 15 is 0 Å². The molecule has 0 spiro atoms. The molecule has 0 aliphatic rings. The summed E-state index contributed by atoms with van der Waals surface area (Å²) in [5.74, 6) is -1.01. The Morgan fingerprint density at radius 2 is 2.22 bits per heavy atom. The summed E-state index contributed by atoms with van der Waals surface area (Å²) in [6.45, 7) is 0.406. The Morgan fingerprint density at radius 1 is 1.50 bits per heavy atom. The standard InChI is InChI=1S/C11H14N2O4S/c1-18(17)6-2-4-13-10(14)8-3-5-12-9(7-8)11(15)16/h3,5,7H,2,4,6H2,1H3,(H,13,14)(H,15,16). The number of amides is 1. The van der Waals surface area contributed by atoms with Gasteiger partial charge in [-0.3, -0.25) is 9.00 Å². The molecule has 1 aromatic heterocycles. The smallest absolute Gasteiger partial charge is 0.354 e. The van der Waals surface area contributed by atoms with Gasteiger partial charge in [-0.2, -0.15) is 0 Å². The van der Waals surface area contributed by atoms with Gasteiger partial charge in [0, 0.05) is 41.1 Å². The van der Waals surface area contributed by atoms with Crippen LogP contribution in [0.4, 0.5) is 0 Å². The summed E-state index contributed by atoms with van der Waals surface area (Å²) in [5, 5.41) is 11.4. The van der Waals surface area contributed by atoms with Gasteiger partial charge in [-0.1, -0.05) is 0 Å². The molecule has 18 heavy (non-hydrogen) atoms. The quantitative estimate of drug-likeness (QED) is 0.724. The minimum Gasteiger partial charge on any atom is -0.477 e. The molecule has 1 rings (SSSR count). The highest BCUT2D eigenvalue weighted by molar-refractivity contribution is 7.84. The average Bonchev–Trinajstić information content (AvgIpc) is 2.34. The molecule has 1 unspecified atom stereocenters. The summed E-state index contributed by atoms with van der Waals surface area (Å²) >= 11 is 0. The number of rotatable bonds is 6. The first kappa shape index (κ1) is 14.3. The summed E-state index contributed by atoms with van der Waals surface area (Å²) in [4.78, 5) is 26.0. The predicted octanol–water partition coefficient (Wildman–Crippen LogP) is 0.278. The van der Waals surface area contributed by atoms with Gasteiger partial charge in [0.1, 0.15) is 5.69 Å². The molecule has 1 amide bonds. The largest absolute Gasteiger partial charge is 0.477 e. The maximum absolute atomic E-state index is 11.7. The van der Waals surface area contributed by atoms with Crippen LogP contribution in [0.25, 0.3) is 0 Å². The first-order valence-corrected chi connectivity index (χ1v) is 7.01. The van der Waals surface area contributed by atoms with Crippen LogP contribution in [0.2, 0.25) is 0 Å². The molecule has 0 aliphatic heterocycles. The fourth-order valence-electron chi connectivity index (χ4n) is 1.27. The molecular formula is C11H14N2O4S. The van der Waals surface area contributed by atoms with Crippen LogP contribution in [-0.2, 0) is 10.8 Å². The molecular weight excluding hydrogens is 256 g/mol. The van der Waals surface area contributed by atoms with Crippen LogP contribution in [0.3, 0.4) is 0 Å². The molecule has 1 aromatic rings.